The van der Waals surface area contributed by atoms with Crippen molar-refractivity contribution in [1.29, 1.82) is 0 Å². The molecule has 3 N–H and O–H groups in total. The number of anilines is 3. The summed E-state index contributed by atoms with van der Waals surface area (Å²) in [5, 5.41) is 10.2. The van der Waals surface area contributed by atoms with Gasteiger partial charge >= 0.3 is 12.0 Å². The number of nitrogen functional groups attached to an aromatic ring is 1. The second-order valence-corrected chi connectivity index (χ2v) is 24.7. The Bertz CT molecular complexity index is 4210. The quantitative estimate of drug-likeness (QED) is 0.0921. The molecule has 12 heterocycles. The molecule has 2 atom stereocenters. The Morgan fingerprint density at radius 2 is 1.25 bits per heavy atom. The van der Waals surface area contributed by atoms with Crippen molar-refractivity contribution in [3.63, 3.8) is 0 Å². The molecule has 17 nitrogen and oxygen atoms in total. The first-order valence-corrected chi connectivity index (χ1v) is 29.9. The summed E-state index contributed by atoms with van der Waals surface area (Å²) in [6.45, 7) is 6.17. The van der Waals surface area contributed by atoms with Crippen LogP contribution in [0.15, 0.2) is 85.2 Å². The average Bonchev–Trinajstić information content (AvgIpc) is 3.36. The lowest BCUT2D eigenvalue weighted by molar-refractivity contribution is -0.133. The van der Waals surface area contributed by atoms with Crippen LogP contribution in [0.3, 0.4) is 0 Å². The minimum Gasteiger partial charge on any atom is -0.461 e. The number of halogens is 4. The predicted octanol–water partition coefficient (Wildman–Crippen LogP) is 10.4. The number of pyridine rings is 2. The highest BCUT2D eigenvalue weighted by molar-refractivity contribution is 6.02. The monoisotopic (exact) mass is 1150 g/mol. The molecule has 5 aromatic heterocycles. The van der Waals surface area contributed by atoms with Gasteiger partial charge in [0.1, 0.15) is 64.7 Å². The molecule has 434 valence electrons. The van der Waals surface area contributed by atoms with Crippen LogP contribution in [0.1, 0.15) is 94.3 Å². The summed E-state index contributed by atoms with van der Waals surface area (Å²) in [4.78, 5) is 50.2. The zero-order valence-corrected chi connectivity index (χ0v) is 46.9. The summed E-state index contributed by atoms with van der Waals surface area (Å²) < 4.78 is 82.7. The number of hydrogen-bond donors (Lipinski definition) is 2. The van der Waals surface area contributed by atoms with E-state index in [0.717, 1.165) is 88.7 Å². The van der Waals surface area contributed by atoms with Gasteiger partial charge in [0, 0.05) is 79.0 Å². The number of benzene rings is 4. The lowest BCUT2D eigenvalue weighted by Crippen LogP contribution is -2.65. The molecule has 0 aliphatic carbocycles. The van der Waals surface area contributed by atoms with Gasteiger partial charge in [-0.1, -0.05) is 54.6 Å². The lowest BCUT2D eigenvalue weighted by Gasteiger charge is -2.48. The van der Waals surface area contributed by atoms with Crippen molar-refractivity contribution in [1.82, 2.24) is 54.8 Å². The minimum atomic E-state index is -0.718. The topological polar surface area (TPSA) is 182 Å². The summed E-state index contributed by atoms with van der Waals surface area (Å²) in [5.74, 6) is -0.987. The van der Waals surface area contributed by atoms with Crippen molar-refractivity contribution in [2.75, 3.05) is 68.0 Å². The third kappa shape index (κ3) is 8.52. The molecule has 6 fully saturated rings. The van der Waals surface area contributed by atoms with Crippen LogP contribution in [-0.2, 0) is 17.9 Å². The van der Waals surface area contributed by atoms with Crippen molar-refractivity contribution in [3.05, 3.63) is 120 Å². The summed E-state index contributed by atoms with van der Waals surface area (Å²) in [7, 11) is 0. The number of fused-ring (bicyclic) bond motifs is 7. The Kier molecular flexibility index (Phi) is 12.2. The number of carbonyl (C=O) groups excluding carboxylic acids is 1. The van der Waals surface area contributed by atoms with E-state index in [1.165, 1.54) is 12.1 Å². The van der Waals surface area contributed by atoms with Gasteiger partial charge in [0.2, 0.25) is 5.91 Å². The first-order valence-electron chi connectivity index (χ1n) is 29.9. The fourth-order valence-electron chi connectivity index (χ4n) is 15.8. The molecule has 1 spiro atoms. The van der Waals surface area contributed by atoms with E-state index in [2.05, 4.69) is 35.0 Å². The van der Waals surface area contributed by atoms with E-state index in [1.54, 1.807) is 48.8 Å². The molecule has 1 amide bonds. The Balaban J connectivity index is 0.730. The number of rotatable bonds is 11. The van der Waals surface area contributed by atoms with Crippen LogP contribution in [0.2, 0.25) is 0 Å². The number of aryl methyl sites for hydroxylation is 1. The number of aromatic nitrogens is 8. The number of piperidine rings is 1. The van der Waals surface area contributed by atoms with E-state index in [9.17, 15) is 4.79 Å². The van der Waals surface area contributed by atoms with Gasteiger partial charge in [-0.2, -0.15) is 25.0 Å². The summed E-state index contributed by atoms with van der Waals surface area (Å²) >= 11 is 0. The van der Waals surface area contributed by atoms with Crippen LogP contribution in [0.25, 0.3) is 65.9 Å². The summed E-state index contributed by atoms with van der Waals surface area (Å²) in [6, 6.07) is 20.5. The Morgan fingerprint density at radius 3 is 1.95 bits per heavy atom. The van der Waals surface area contributed by atoms with Crippen molar-refractivity contribution in [3.8, 4) is 34.5 Å². The van der Waals surface area contributed by atoms with Gasteiger partial charge in [-0.15, -0.1) is 0 Å². The van der Waals surface area contributed by atoms with Crippen LogP contribution in [0, 0.1) is 23.3 Å². The third-order valence-electron chi connectivity index (χ3n) is 20.0. The standard InChI is InChI=1S/C64H62F4N14O3/c65-45-13-2-9-37-8-1-11-41(50(37)45)54-52(67)56-43(32-70-54)58(78-28-21-62(22-29-78)31-49(83)76-62)74-60(72-56)85-36-64-19-6-26-81(64)47(16-20-64)39-14-15-46(66)51-40(39)10-3-12-42(51)55-53(68)57-44(33-71-55)59(79-23-7-27-82-38(34-79)30-48(69)77-82)75-61(73-57)84-35-63-17-4-24-80(63)25-5-18-63/h1-3,8-15,30,32-33,47H,4-7,16-29,31,34-36H2,(H2,69,77)(H,76,83). The molecule has 0 radical (unpaired) electrons. The number of nitrogens with one attached hydrogen (secondary N) is 1. The number of nitrogens with zero attached hydrogens (tertiary/aromatic N) is 12. The number of ether oxygens (including phenoxy) is 2. The van der Waals surface area contributed by atoms with E-state index < -0.39 is 28.8 Å². The molecule has 0 bridgehead atoms. The van der Waals surface area contributed by atoms with Crippen molar-refractivity contribution in [2.24, 2.45) is 0 Å². The van der Waals surface area contributed by atoms with Crippen LogP contribution < -0.4 is 30.3 Å². The molecular weight excluding hydrogens is 1090 g/mol. The van der Waals surface area contributed by atoms with Crippen LogP contribution >= 0.6 is 0 Å². The van der Waals surface area contributed by atoms with Gasteiger partial charge in [0.15, 0.2) is 11.6 Å². The van der Waals surface area contributed by atoms with Crippen LogP contribution in [0.4, 0.5) is 35.0 Å². The van der Waals surface area contributed by atoms with Gasteiger partial charge in [-0.3, -0.25) is 29.2 Å². The number of carbonyl (C=O) groups is 1. The number of nitrogens with two attached hydrogens (primary N) is 1. The van der Waals surface area contributed by atoms with Crippen molar-refractivity contribution in [2.45, 2.75) is 113 Å². The Hall–Kier alpha value is -8.30. The van der Waals surface area contributed by atoms with E-state index in [1.807, 2.05) is 28.9 Å². The molecular formula is C64H62F4N14O3. The van der Waals surface area contributed by atoms with Crippen molar-refractivity contribution < 1.29 is 31.8 Å². The summed E-state index contributed by atoms with van der Waals surface area (Å²) in [6.07, 6.45) is 13.1. The first kappa shape index (κ1) is 52.3. The fourth-order valence-corrected chi connectivity index (χ4v) is 15.8. The predicted molar refractivity (Wildman–Crippen MR) is 314 cm³/mol. The van der Waals surface area contributed by atoms with Gasteiger partial charge in [0.05, 0.1) is 39.6 Å². The van der Waals surface area contributed by atoms with E-state index in [0.29, 0.717) is 109 Å². The normalized spacial score (nSPS) is 21.9. The molecule has 0 saturated carbocycles. The van der Waals surface area contributed by atoms with Gasteiger partial charge < -0.3 is 30.3 Å². The lowest BCUT2D eigenvalue weighted by atomic mass is 9.78. The zero-order valence-electron chi connectivity index (χ0n) is 46.9. The number of amides is 1. The molecule has 6 saturated heterocycles. The van der Waals surface area contributed by atoms with E-state index in [-0.39, 0.29) is 74.8 Å². The highest BCUT2D eigenvalue weighted by atomic mass is 19.1. The molecule has 16 rings (SSSR count). The van der Waals surface area contributed by atoms with Gasteiger partial charge in [-0.05, 0) is 119 Å². The zero-order chi connectivity index (χ0) is 57.3. The molecule has 85 heavy (non-hydrogen) atoms. The average molecular weight is 1150 g/mol. The maximum absolute atomic E-state index is 17.9. The van der Waals surface area contributed by atoms with Crippen LogP contribution in [-0.4, -0.2) is 124 Å². The molecule has 21 heteroatoms. The van der Waals surface area contributed by atoms with Gasteiger partial charge in [-0.25, -0.2) is 17.6 Å². The highest BCUT2D eigenvalue weighted by Gasteiger charge is 2.51. The first-order chi connectivity index (χ1) is 41.4. The van der Waals surface area contributed by atoms with E-state index in [4.69, 9.17) is 40.1 Å². The van der Waals surface area contributed by atoms with Gasteiger partial charge in [0.25, 0.3) is 0 Å². The highest BCUT2D eigenvalue weighted by Crippen LogP contribution is 2.51. The molecule has 4 aromatic carbocycles. The van der Waals surface area contributed by atoms with E-state index >= 15 is 17.6 Å². The smallest absolute Gasteiger partial charge is 0.319 e. The SMILES string of the molecule is Nc1cc2n(n1)CCCN(c1nc(OCC34CCCN3CCC4)nc3c(F)c(-c4cccc5c(C6CCC7(COc8nc(N9CCC%10(CC9)CC(=O)N%10)c9cnc(-c%10cccc%11cccc(F)c%10%11)c(F)c9n8)CCCN67)ccc(F)c45)ncc13)C2. The molecule has 2 unspecified atom stereocenters. The minimum absolute atomic E-state index is 0.000442. The number of hydrogen-bond acceptors (Lipinski definition) is 15. The second-order valence-electron chi connectivity index (χ2n) is 24.7. The maximum atomic E-state index is 17.9. The molecule has 9 aromatic rings. The van der Waals surface area contributed by atoms with Crippen LogP contribution in [0.5, 0.6) is 12.0 Å². The summed E-state index contributed by atoms with van der Waals surface area (Å²) in [5.41, 5.74) is 7.70. The second kappa shape index (κ2) is 19.9. The Labute approximate surface area is 486 Å². The number of β-lactam (4-membered cyclic amide) rings is 1. The largest absolute Gasteiger partial charge is 0.461 e. The third-order valence-corrected chi connectivity index (χ3v) is 20.0. The molecule has 7 aliphatic rings. The molecule has 7 aliphatic heterocycles. The Morgan fingerprint density at radius 1 is 0.624 bits per heavy atom. The van der Waals surface area contributed by atoms with Crippen molar-refractivity contribution >= 4 is 66.7 Å². The maximum Gasteiger partial charge on any atom is 0.319 e. The fraction of sp³-hybridized carbons (Fsp3) is 0.406.